The summed E-state index contributed by atoms with van der Waals surface area (Å²) in [4.78, 5) is 4.96. The lowest BCUT2D eigenvalue weighted by atomic mass is 9.51. The van der Waals surface area contributed by atoms with E-state index in [1.807, 2.05) is 0 Å². The smallest absolute Gasteiger partial charge is 0.0149 e. The molecule has 2 heteroatoms. The Morgan fingerprint density at radius 3 is 2.20 bits per heavy atom. The molecule has 0 heterocycles. The highest BCUT2D eigenvalue weighted by molar-refractivity contribution is 5.37. The quantitative estimate of drug-likeness (QED) is 0.530. The summed E-state index contributed by atoms with van der Waals surface area (Å²) in [6, 6.07) is 1.37. The zero-order valence-electron chi connectivity index (χ0n) is 21.4. The van der Waals surface area contributed by atoms with Gasteiger partial charge in [0.15, 0.2) is 0 Å². The zero-order chi connectivity index (χ0) is 22.1. The molecule has 0 saturated heterocycles. The summed E-state index contributed by atoms with van der Waals surface area (Å²) in [6.07, 6.45) is 14.9. The molecule has 0 spiro atoms. The number of allylic oxidation sites excluding steroid dienone is 4. The first-order chi connectivity index (χ1) is 13.9. The normalized spacial score (nSPS) is 44.0. The van der Waals surface area contributed by atoms with Gasteiger partial charge in [-0.3, -0.25) is 0 Å². The van der Waals surface area contributed by atoms with Crippen LogP contribution in [0.2, 0.25) is 0 Å². The predicted octanol–water partition coefficient (Wildman–Crippen LogP) is 6.39. The van der Waals surface area contributed by atoms with Crippen molar-refractivity contribution in [3.8, 4) is 0 Å². The lowest BCUT2D eigenvalue weighted by Crippen LogP contribution is -2.49. The molecule has 3 unspecified atom stereocenters. The second-order valence-corrected chi connectivity index (χ2v) is 12.8. The maximum Gasteiger partial charge on any atom is 0.0149 e. The van der Waals surface area contributed by atoms with Gasteiger partial charge in [0.05, 0.1) is 0 Å². The highest BCUT2D eigenvalue weighted by Gasteiger charge is 2.60. The summed E-state index contributed by atoms with van der Waals surface area (Å²) in [5, 5.41) is 0. The minimum Gasteiger partial charge on any atom is -0.306 e. The molecule has 0 aromatic carbocycles. The number of rotatable bonds is 3. The minimum atomic E-state index is 0.365. The van der Waals surface area contributed by atoms with E-state index in [-0.39, 0.29) is 0 Å². The van der Waals surface area contributed by atoms with E-state index in [0.717, 1.165) is 17.8 Å². The topological polar surface area (TPSA) is 6.48 Å². The Morgan fingerprint density at radius 1 is 0.900 bits per heavy atom. The van der Waals surface area contributed by atoms with E-state index in [1.54, 1.807) is 11.1 Å². The molecule has 2 fully saturated rings. The second-order valence-electron chi connectivity index (χ2n) is 12.8. The number of fused-ring (bicyclic) bond motifs is 4. The van der Waals surface area contributed by atoms with Crippen LogP contribution in [-0.4, -0.2) is 50.1 Å². The summed E-state index contributed by atoms with van der Waals surface area (Å²) >= 11 is 0. The van der Waals surface area contributed by atoms with Gasteiger partial charge in [-0.05, 0) is 120 Å². The van der Waals surface area contributed by atoms with Crippen molar-refractivity contribution in [1.29, 1.82) is 0 Å². The fourth-order valence-corrected chi connectivity index (χ4v) is 8.82. The Hall–Kier alpha value is -0.600. The van der Waals surface area contributed by atoms with E-state index in [1.165, 1.54) is 44.9 Å². The van der Waals surface area contributed by atoms with Crippen LogP contribution in [0.3, 0.4) is 0 Å². The fraction of sp³-hybridized carbons (Fsp3) is 0.857. The average Bonchev–Trinajstić information content (AvgIpc) is 2.80. The minimum absolute atomic E-state index is 0.365. The fourth-order valence-electron chi connectivity index (χ4n) is 8.82. The molecule has 0 radical (unpaired) electrons. The third-order valence-electron chi connectivity index (χ3n) is 11.1. The van der Waals surface area contributed by atoms with Gasteiger partial charge in [0.25, 0.3) is 0 Å². The maximum atomic E-state index is 2.71. The van der Waals surface area contributed by atoms with Crippen LogP contribution in [0, 0.1) is 34.0 Å². The molecule has 4 aliphatic carbocycles. The van der Waals surface area contributed by atoms with E-state index >= 15 is 0 Å². The largest absolute Gasteiger partial charge is 0.306 e. The van der Waals surface area contributed by atoms with Gasteiger partial charge < -0.3 is 9.80 Å². The lowest BCUT2D eigenvalue weighted by molar-refractivity contribution is -0.0128. The molecule has 0 aromatic rings. The van der Waals surface area contributed by atoms with Gasteiger partial charge in [-0.15, -0.1) is 0 Å². The van der Waals surface area contributed by atoms with Crippen molar-refractivity contribution < 1.29 is 0 Å². The van der Waals surface area contributed by atoms with Crippen molar-refractivity contribution in [2.75, 3.05) is 28.2 Å². The van der Waals surface area contributed by atoms with E-state index in [0.29, 0.717) is 28.3 Å². The van der Waals surface area contributed by atoms with Crippen LogP contribution in [0.4, 0.5) is 0 Å². The summed E-state index contributed by atoms with van der Waals surface area (Å²) in [7, 11) is 9.13. The summed E-state index contributed by atoms with van der Waals surface area (Å²) < 4.78 is 0. The summed E-state index contributed by atoms with van der Waals surface area (Å²) in [6.45, 7) is 12.9. The van der Waals surface area contributed by atoms with Crippen LogP contribution in [0.1, 0.15) is 79.6 Å². The van der Waals surface area contributed by atoms with Crippen molar-refractivity contribution in [3.05, 3.63) is 23.3 Å². The first-order valence-electron chi connectivity index (χ1n) is 12.7. The molecule has 4 aliphatic rings. The molecular weight excluding hydrogens is 364 g/mol. The molecule has 0 aliphatic heterocycles. The first-order valence-corrected chi connectivity index (χ1v) is 12.7. The van der Waals surface area contributed by atoms with Gasteiger partial charge in [-0.2, -0.15) is 0 Å². The van der Waals surface area contributed by atoms with Gasteiger partial charge in [0.2, 0.25) is 0 Å². The van der Waals surface area contributed by atoms with E-state index < -0.39 is 0 Å². The van der Waals surface area contributed by atoms with Crippen molar-refractivity contribution in [3.63, 3.8) is 0 Å². The lowest BCUT2D eigenvalue weighted by Gasteiger charge is -2.54. The molecule has 0 N–H and O–H groups in total. The monoisotopic (exact) mass is 412 g/mol. The summed E-state index contributed by atoms with van der Waals surface area (Å²) in [5.74, 6) is 2.31. The van der Waals surface area contributed by atoms with Crippen molar-refractivity contribution in [1.82, 2.24) is 9.80 Å². The highest BCUT2D eigenvalue weighted by atomic mass is 15.1. The molecule has 30 heavy (non-hydrogen) atoms. The van der Waals surface area contributed by atoms with E-state index in [4.69, 9.17) is 0 Å². The molecule has 170 valence electrons. The third kappa shape index (κ3) is 3.11. The predicted molar refractivity (Wildman–Crippen MR) is 130 cm³/mol. The Kier molecular flexibility index (Phi) is 5.63. The second kappa shape index (κ2) is 7.48. The van der Waals surface area contributed by atoms with E-state index in [9.17, 15) is 0 Å². The standard InChI is InChI=1S/C28H48N2/c1-19(29(6)7)22-15-17-28(5)24-12-11-23-20(18-21(24)14-16-27(22,28)4)10-13-25(30(8)9)26(23,2)3/h14,18-19,22-25H,10-13,15-17H2,1-9H3/t19?,22-,23?,24?,25+,27-,28+/m1/s1. The highest BCUT2D eigenvalue weighted by Crippen LogP contribution is 2.68. The molecule has 2 saturated carbocycles. The van der Waals surface area contributed by atoms with Crippen LogP contribution in [0.25, 0.3) is 0 Å². The first kappa shape index (κ1) is 22.6. The molecule has 0 bridgehead atoms. The molecule has 4 rings (SSSR count). The Morgan fingerprint density at radius 2 is 1.57 bits per heavy atom. The molecule has 7 atom stereocenters. The number of nitrogens with zero attached hydrogens (tertiary/aromatic N) is 2. The molecule has 2 nitrogen and oxygen atoms in total. The molecule has 0 amide bonds. The Labute approximate surface area is 187 Å². The van der Waals surface area contributed by atoms with Crippen molar-refractivity contribution >= 4 is 0 Å². The van der Waals surface area contributed by atoms with Gasteiger partial charge in [0.1, 0.15) is 0 Å². The van der Waals surface area contributed by atoms with Crippen LogP contribution in [0.5, 0.6) is 0 Å². The van der Waals surface area contributed by atoms with Crippen LogP contribution >= 0.6 is 0 Å². The SMILES string of the molecule is CC([C@H]1CC[C@@]2(C)C3CCC4C(=CC3=CC[C@]12C)CC[C@H](N(C)C)C4(C)C)N(C)C. The van der Waals surface area contributed by atoms with Gasteiger partial charge >= 0.3 is 0 Å². The van der Waals surface area contributed by atoms with Gasteiger partial charge in [-0.25, -0.2) is 0 Å². The maximum absolute atomic E-state index is 2.71. The number of hydrogen-bond donors (Lipinski definition) is 0. The van der Waals surface area contributed by atoms with Gasteiger partial charge in [0, 0.05) is 12.1 Å². The van der Waals surface area contributed by atoms with Crippen molar-refractivity contribution in [2.45, 2.75) is 91.6 Å². The molecular formula is C28H48N2. The van der Waals surface area contributed by atoms with Gasteiger partial charge in [-0.1, -0.05) is 45.4 Å². The van der Waals surface area contributed by atoms with E-state index in [2.05, 4.69) is 84.8 Å². The van der Waals surface area contributed by atoms with Crippen LogP contribution in [0.15, 0.2) is 23.3 Å². The zero-order valence-corrected chi connectivity index (χ0v) is 21.4. The summed E-state index contributed by atoms with van der Waals surface area (Å²) in [5.41, 5.74) is 4.73. The number of hydrogen-bond acceptors (Lipinski definition) is 2. The van der Waals surface area contributed by atoms with Crippen LogP contribution < -0.4 is 0 Å². The van der Waals surface area contributed by atoms with Crippen LogP contribution in [-0.2, 0) is 0 Å². The van der Waals surface area contributed by atoms with Crippen molar-refractivity contribution in [2.24, 2.45) is 34.0 Å². The Bertz CT molecular complexity index is 729. The third-order valence-corrected chi connectivity index (χ3v) is 11.1. The average molecular weight is 413 g/mol. The Balaban J connectivity index is 1.67. The molecule has 0 aromatic heterocycles.